The lowest BCUT2D eigenvalue weighted by Crippen LogP contribution is -1.81. The van der Waals surface area contributed by atoms with Gasteiger partial charge in [-0.1, -0.05) is 22.9 Å². The van der Waals surface area contributed by atoms with E-state index in [0.29, 0.717) is 0 Å². The zero-order valence-electron chi connectivity index (χ0n) is 6.76. The molecule has 12 heavy (non-hydrogen) atoms. The van der Waals surface area contributed by atoms with E-state index in [-0.39, 0.29) is 0 Å². The molecular weight excluding hydrogens is 216 g/mol. The highest BCUT2D eigenvalue weighted by Crippen LogP contribution is 2.23. The molecule has 3 heteroatoms. The van der Waals surface area contributed by atoms with Gasteiger partial charge in [-0.2, -0.15) is 5.10 Å². The van der Waals surface area contributed by atoms with E-state index >= 15 is 0 Å². The fourth-order valence-corrected chi connectivity index (χ4v) is 1.91. The smallest absolute Gasteiger partial charge is 0.0661 e. The maximum absolute atomic E-state index is 3.97. The van der Waals surface area contributed by atoms with Crippen molar-refractivity contribution in [3.8, 4) is 0 Å². The van der Waals surface area contributed by atoms with Gasteiger partial charge < -0.3 is 0 Å². The van der Waals surface area contributed by atoms with Gasteiger partial charge in [0.15, 0.2) is 0 Å². The van der Waals surface area contributed by atoms with Gasteiger partial charge in [-0.15, -0.1) is 0 Å². The Morgan fingerprint density at radius 2 is 2.33 bits per heavy atom. The van der Waals surface area contributed by atoms with Crippen molar-refractivity contribution in [3.05, 3.63) is 28.4 Å². The van der Waals surface area contributed by atoms with Crippen LogP contribution >= 0.6 is 15.9 Å². The Labute approximate surface area is 79.1 Å². The highest BCUT2D eigenvalue weighted by Gasteiger charge is 2.01. The summed E-state index contributed by atoms with van der Waals surface area (Å²) < 4.78 is 1.15. The lowest BCUT2D eigenvalue weighted by atomic mass is 10.1. The molecule has 0 aliphatic rings. The van der Waals surface area contributed by atoms with Crippen molar-refractivity contribution in [1.82, 2.24) is 10.2 Å². The second-order valence-electron chi connectivity index (χ2n) is 2.75. The van der Waals surface area contributed by atoms with Crippen molar-refractivity contribution >= 4 is 26.8 Å². The molecule has 0 aliphatic heterocycles. The molecular formula is C9H9BrN2. The minimum atomic E-state index is 1.04. The number of fused-ring (bicyclic) bond motifs is 1. The lowest BCUT2D eigenvalue weighted by Gasteiger charge is -1.99. The molecule has 0 saturated heterocycles. The molecule has 0 atom stereocenters. The van der Waals surface area contributed by atoms with E-state index in [9.17, 15) is 0 Å². The fourth-order valence-electron chi connectivity index (χ4n) is 1.28. The summed E-state index contributed by atoms with van der Waals surface area (Å²) in [5.74, 6) is 0. The summed E-state index contributed by atoms with van der Waals surface area (Å²) in [6.07, 6.45) is 2.89. The van der Waals surface area contributed by atoms with Gasteiger partial charge in [-0.05, 0) is 24.1 Å². The molecule has 1 N–H and O–H groups in total. The molecule has 0 bridgehead atoms. The fraction of sp³-hybridized carbons (Fsp3) is 0.222. The molecule has 1 aromatic carbocycles. The predicted molar refractivity (Wildman–Crippen MR) is 53.2 cm³/mol. The number of rotatable bonds is 1. The number of hydrogen-bond acceptors (Lipinski definition) is 1. The maximum Gasteiger partial charge on any atom is 0.0661 e. The van der Waals surface area contributed by atoms with Crippen LogP contribution < -0.4 is 0 Å². The number of H-pyrrole nitrogens is 1. The molecule has 0 radical (unpaired) electrons. The van der Waals surface area contributed by atoms with Gasteiger partial charge in [0.2, 0.25) is 0 Å². The highest BCUT2D eigenvalue weighted by molar-refractivity contribution is 9.10. The molecule has 0 amide bonds. The van der Waals surface area contributed by atoms with Crippen LogP contribution in [0.2, 0.25) is 0 Å². The third-order valence-corrected chi connectivity index (χ3v) is 2.73. The Hall–Kier alpha value is -0.830. The van der Waals surface area contributed by atoms with Crippen LogP contribution in [-0.2, 0) is 6.42 Å². The number of hydrogen-bond donors (Lipinski definition) is 1. The molecule has 0 unspecified atom stereocenters. The average molecular weight is 225 g/mol. The Morgan fingerprint density at radius 1 is 1.50 bits per heavy atom. The van der Waals surface area contributed by atoms with Gasteiger partial charge in [-0.25, -0.2) is 0 Å². The first-order chi connectivity index (χ1) is 5.81. The van der Waals surface area contributed by atoms with Gasteiger partial charge in [0.1, 0.15) is 0 Å². The SMILES string of the molecule is CCc1cc2cn[nH]c2cc1Br. The normalized spacial score (nSPS) is 10.8. The number of aryl methyl sites for hydroxylation is 1. The Morgan fingerprint density at radius 3 is 3.08 bits per heavy atom. The molecule has 0 fully saturated rings. The molecule has 0 saturated carbocycles. The first-order valence-corrected chi connectivity index (χ1v) is 4.72. The third-order valence-electron chi connectivity index (χ3n) is 1.99. The van der Waals surface area contributed by atoms with Crippen LogP contribution in [0.3, 0.4) is 0 Å². The number of aromatic amines is 1. The van der Waals surface area contributed by atoms with Crippen LogP contribution in [0.4, 0.5) is 0 Å². The number of nitrogens with one attached hydrogen (secondary N) is 1. The van der Waals surface area contributed by atoms with E-state index in [0.717, 1.165) is 16.4 Å². The summed E-state index contributed by atoms with van der Waals surface area (Å²) in [4.78, 5) is 0. The van der Waals surface area contributed by atoms with Crippen LogP contribution in [-0.4, -0.2) is 10.2 Å². The van der Waals surface area contributed by atoms with Gasteiger partial charge in [0, 0.05) is 9.86 Å². The van der Waals surface area contributed by atoms with Crippen molar-refractivity contribution in [1.29, 1.82) is 0 Å². The van der Waals surface area contributed by atoms with E-state index in [1.807, 2.05) is 6.20 Å². The van der Waals surface area contributed by atoms with E-state index in [1.54, 1.807) is 0 Å². The molecule has 2 rings (SSSR count). The van der Waals surface area contributed by atoms with E-state index < -0.39 is 0 Å². The van der Waals surface area contributed by atoms with Gasteiger partial charge >= 0.3 is 0 Å². The largest absolute Gasteiger partial charge is 0.278 e. The van der Waals surface area contributed by atoms with Crippen molar-refractivity contribution in [2.45, 2.75) is 13.3 Å². The van der Waals surface area contributed by atoms with Crippen LogP contribution in [0.1, 0.15) is 12.5 Å². The van der Waals surface area contributed by atoms with Crippen LogP contribution in [0.5, 0.6) is 0 Å². The summed E-state index contributed by atoms with van der Waals surface area (Å²) in [6, 6.07) is 4.23. The van der Waals surface area contributed by atoms with Gasteiger partial charge in [0.05, 0.1) is 11.7 Å². The van der Waals surface area contributed by atoms with Gasteiger partial charge in [0.25, 0.3) is 0 Å². The van der Waals surface area contributed by atoms with Crippen LogP contribution in [0.25, 0.3) is 10.9 Å². The Kier molecular flexibility index (Phi) is 1.89. The van der Waals surface area contributed by atoms with Crippen molar-refractivity contribution in [2.75, 3.05) is 0 Å². The first-order valence-electron chi connectivity index (χ1n) is 3.92. The van der Waals surface area contributed by atoms with E-state index in [4.69, 9.17) is 0 Å². The zero-order chi connectivity index (χ0) is 8.55. The maximum atomic E-state index is 3.97. The molecule has 1 heterocycles. The Bertz CT molecular complexity index is 406. The Balaban J connectivity index is 2.73. The highest BCUT2D eigenvalue weighted by atomic mass is 79.9. The summed E-state index contributed by atoms with van der Waals surface area (Å²) in [7, 11) is 0. The first kappa shape index (κ1) is 7.80. The zero-order valence-corrected chi connectivity index (χ0v) is 8.35. The number of halogens is 1. The minimum absolute atomic E-state index is 1.04. The molecule has 2 nitrogen and oxygen atoms in total. The molecule has 0 aliphatic carbocycles. The number of nitrogens with zero attached hydrogens (tertiary/aromatic N) is 1. The topological polar surface area (TPSA) is 28.7 Å². The third kappa shape index (κ3) is 1.14. The second-order valence-corrected chi connectivity index (χ2v) is 3.61. The summed E-state index contributed by atoms with van der Waals surface area (Å²) >= 11 is 3.51. The summed E-state index contributed by atoms with van der Waals surface area (Å²) in [5, 5.41) is 8.08. The van der Waals surface area contributed by atoms with Crippen LogP contribution in [0.15, 0.2) is 22.8 Å². The average Bonchev–Trinajstić information content (AvgIpc) is 2.49. The summed E-state index contributed by atoms with van der Waals surface area (Å²) in [6.45, 7) is 2.14. The number of aromatic nitrogens is 2. The summed E-state index contributed by atoms with van der Waals surface area (Å²) in [5.41, 5.74) is 2.41. The quantitative estimate of drug-likeness (QED) is 0.794. The molecule has 2 aromatic rings. The lowest BCUT2D eigenvalue weighted by molar-refractivity contribution is 1.11. The number of benzene rings is 1. The van der Waals surface area contributed by atoms with E-state index in [1.165, 1.54) is 10.9 Å². The van der Waals surface area contributed by atoms with Crippen molar-refractivity contribution in [2.24, 2.45) is 0 Å². The minimum Gasteiger partial charge on any atom is -0.278 e. The second kappa shape index (κ2) is 2.90. The molecule has 62 valence electrons. The van der Waals surface area contributed by atoms with Crippen LogP contribution in [0, 0.1) is 0 Å². The standard InChI is InChI=1S/C9H9BrN2/c1-2-6-3-7-5-11-12-9(7)4-8(6)10/h3-5H,2H2,1H3,(H,11,12). The molecule has 1 aromatic heterocycles. The van der Waals surface area contributed by atoms with Crippen molar-refractivity contribution in [3.63, 3.8) is 0 Å². The molecule has 0 spiro atoms. The van der Waals surface area contributed by atoms with Crippen molar-refractivity contribution < 1.29 is 0 Å². The monoisotopic (exact) mass is 224 g/mol. The van der Waals surface area contributed by atoms with Gasteiger partial charge in [-0.3, -0.25) is 5.10 Å². The van der Waals surface area contributed by atoms with E-state index in [2.05, 4.69) is 45.2 Å². The predicted octanol–water partition coefficient (Wildman–Crippen LogP) is 2.89.